The quantitative estimate of drug-likeness (QED) is 0.842. The van der Waals surface area contributed by atoms with Crippen molar-refractivity contribution >= 4 is 27.7 Å². The molecule has 0 aliphatic rings. The molecule has 0 atom stereocenters. The van der Waals surface area contributed by atoms with Gasteiger partial charge in [-0.1, -0.05) is 52.3 Å². The van der Waals surface area contributed by atoms with Crippen LogP contribution < -0.4 is 5.73 Å². The van der Waals surface area contributed by atoms with E-state index < -0.39 is 5.91 Å². The van der Waals surface area contributed by atoms with Gasteiger partial charge in [-0.15, -0.1) is 0 Å². The molecule has 0 aromatic heterocycles. The standard InChI is InChI=1S/C18H19BrN2O2/c1-13-7-8-15(11-16(13)19)18(23)21(10-9-17(20)22)12-14-5-3-2-4-6-14/h2-8,11H,9-10,12H2,1H3,(H2,20,22). The summed E-state index contributed by atoms with van der Waals surface area (Å²) >= 11 is 3.45. The summed E-state index contributed by atoms with van der Waals surface area (Å²) in [7, 11) is 0. The molecule has 0 aliphatic heterocycles. The fraction of sp³-hybridized carbons (Fsp3) is 0.222. The van der Waals surface area contributed by atoms with Gasteiger partial charge in [-0.25, -0.2) is 0 Å². The van der Waals surface area contributed by atoms with E-state index in [0.717, 1.165) is 15.6 Å². The molecular weight excluding hydrogens is 356 g/mol. The van der Waals surface area contributed by atoms with Crippen molar-refractivity contribution in [3.63, 3.8) is 0 Å². The van der Waals surface area contributed by atoms with Crippen LogP contribution in [0, 0.1) is 6.92 Å². The van der Waals surface area contributed by atoms with Crippen LogP contribution in [0.1, 0.15) is 27.9 Å². The molecule has 0 spiro atoms. The predicted octanol–water partition coefficient (Wildman–Crippen LogP) is 3.28. The molecule has 120 valence electrons. The molecule has 2 aromatic carbocycles. The van der Waals surface area contributed by atoms with E-state index in [1.807, 2.05) is 43.3 Å². The van der Waals surface area contributed by atoms with Gasteiger partial charge in [0.2, 0.25) is 5.91 Å². The van der Waals surface area contributed by atoms with Gasteiger partial charge in [-0.3, -0.25) is 9.59 Å². The Balaban J connectivity index is 2.22. The molecule has 0 saturated heterocycles. The minimum absolute atomic E-state index is 0.115. The van der Waals surface area contributed by atoms with Gasteiger partial charge < -0.3 is 10.6 Å². The van der Waals surface area contributed by atoms with Crippen molar-refractivity contribution in [1.82, 2.24) is 4.90 Å². The Morgan fingerprint density at radius 1 is 1.13 bits per heavy atom. The Morgan fingerprint density at radius 3 is 2.43 bits per heavy atom. The fourth-order valence-electron chi connectivity index (χ4n) is 2.21. The van der Waals surface area contributed by atoms with Gasteiger partial charge in [0.05, 0.1) is 0 Å². The molecular formula is C18H19BrN2O2. The number of primary amides is 1. The fourth-order valence-corrected chi connectivity index (χ4v) is 2.59. The Labute approximate surface area is 144 Å². The Bertz CT molecular complexity index is 701. The van der Waals surface area contributed by atoms with Crippen LogP contribution in [0.3, 0.4) is 0 Å². The van der Waals surface area contributed by atoms with Crippen molar-refractivity contribution in [2.24, 2.45) is 5.73 Å². The lowest BCUT2D eigenvalue weighted by Crippen LogP contribution is -2.33. The smallest absolute Gasteiger partial charge is 0.254 e. The first-order valence-corrected chi connectivity index (χ1v) is 8.14. The zero-order valence-corrected chi connectivity index (χ0v) is 14.5. The van der Waals surface area contributed by atoms with Crippen LogP contribution in [0.4, 0.5) is 0 Å². The second-order valence-electron chi connectivity index (χ2n) is 5.39. The first-order valence-electron chi connectivity index (χ1n) is 7.35. The Morgan fingerprint density at radius 2 is 1.83 bits per heavy atom. The van der Waals surface area contributed by atoms with E-state index >= 15 is 0 Å². The van der Waals surface area contributed by atoms with Gasteiger partial charge in [0.15, 0.2) is 0 Å². The van der Waals surface area contributed by atoms with Crippen LogP contribution in [-0.2, 0) is 11.3 Å². The predicted molar refractivity (Wildman–Crippen MR) is 93.9 cm³/mol. The summed E-state index contributed by atoms with van der Waals surface area (Å²) in [6, 6.07) is 15.2. The summed E-state index contributed by atoms with van der Waals surface area (Å²) in [5.74, 6) is -0.531. The van der Waals surface area contributed by atoms with Gasteiger partial charge in [0, 0.05) is 29.5 Å². The number of hydrogen-bond acceptors (Lipinski definition) is 2. The summed E-state index contributed by atoms with van der Waals surface area (Å²) in [4.78, 5) is 25.5. The molecule has 2 aromatic rings. The average molecular weight is 375 g/mol. The van der Waals surface area contributed by atoms with Crippen molar-refractivity contribution in [2.75, 3.05) is 6.54 Å². The molecule has 4 nitrogen and oxygen atoms in total. The summed E-state index contributed by atoms with van der Waals surface area (Å²) < 4.78 is 0.887. The normalized spacial score (nSPS) is 10.3. The maximum atomic E-state index is 12.8. The molecule has 23 heavy (non-hydrogen) atoms. The van der Waals surface area contributed by atoms with Gasteiger partial charge in [-0.2, -0.15) is 0 Å². The van der Waals surface area contributed by atoms with E-state index in [1.165, 1.54) is 0 Å². The molecule has 0 saturated carbocycles. The molecule has 0 unspecified atom stereocenters. The number of carbonyl (C=O) groups excluding carboxylic acids is 2. The lowest BCUT2D eigenvalue weighted by molar-refractivity contribution is -0.118. The number of amides is 2. The SMILES string of the molecule is Cc1ccc(C(=O)N(CCC(N)=O)Cc2ccccc2)cc1Br. The number of rotatable bonds is 6. The minimum Gasteiger partial charge on any atom is -0.370 e. The third kappa shape index (κ3) is 4.93. The highest BCUT2D eigenvalue weighted by Crippen LogP contribution is 2.19. The molecule has 5 heteroatoms. The molecule has 0 bridgehead atoms. The van der Waals surface area contributed by atoms with E-state index in [2.05, 4.69) is 15.9 Å². The zero-order chi connectivity index (χ0) is 16.8. The van der Waals surface area contributed by atoms with E-state index in [4.69, 9.17) is 5.73 Å². The van der Waals surface area contributed by atoms with E-state index in [0.29, 0.717) is 18.7 Å². The van der Waals surface area contributed by atoms with Gasteiger partial charge in [0.25, 0.3) is 5.91 Å². The van der Waals surface area contributed by atoms with Crippen LogP contribution >= 0.6 is 15.9 Å². The van der Waals surface area contributed by atoms with Crippen molar-refractivity contribution in [1.29, 1.82) is 0 Å². The van der Waals surface area contributed by atoms with E-state index in [-0.39, 0.29) is 12.3 Å². The van der Waals surface area contributed by atoms with Crippen LogP contribution in [-0.4, -0.2) is 23.3 Å². The monoisotopic (exact) mass is 374 g/mol. The number of carbonyl (C=O) groups is 2. The Hall–Kier alpha value is -2.14. The van der Waals surface area contributed by atoms with Crippen molar-refractivity contribution < 1.29 is 9.59 Å². The lowest BCUT2D eigenvalue weighted by atomic mass is 10.1. The largest absolute Gasteiger partial charge is 0.370 e. The topological polar surface area (TPSA) is 63.4 Å². The second kappa shape index (κ2) is 7.92. The lowest BCUT2D eigenvalue weighted by Gasteiger charge is -2.22. The number of hydrogen-bond donors (Lipinski definition) is 1. The summed E-state index contributed by atoms with van der Waals surface area (Å²) in [5.41, 5.74) is 7.89. The number of nitrogens with zero attached hydrogens (tertiary/aromatic N) is 1. The molecule has 0 aliphatic carbocycles. The van der Waals surface area contributed by atoms with Crippen LogP contribution in [0.5, 0.6) is 0 Å². The number of aryl methyl sites for hydroxylation is 1. The van der Waals surface area contributed by atoms with Gasteiger partial charge >= 0.3 is 0 Å². The Kier molecular flexibility index (Phi) is 5.93. The zero-order valence-electron chi connectivity index (χ0n) is 13.0. The third-order valence-corrected chi connectivity index (χ3v) is 4.40. The first-order chi connectivity index (χ1) is 11.0. The molecule has 0 heterocycles. The summed E-state index contributed by atoms with van der Waals surface area (Å²) in [6.45, 7) is 2.71. The average Bonchev–Trinajstić information content (AvgIpc) is 2.54. The van der Waals surface area contributed by atoms with Crippen molar-refractivity contribution in [3.05, 3.63) is 69.7 Å². The minimum atomic E-state index is -0.416. The van der Waals surface area contributed by atoms with Gasteiger partial charge in [0.1, 0.15) is 0 Å². The third-order valence-electron chi connectivity index (χ3n) is 3.55. The number of halogens is 1. The second-order valence-corrected chi connectivity index (χ2v) is 6.25. The molecule has 2 rings (SSSR count). The van der Waals surface area contributed by atoms with E-state index in [1.54, 1.807) is 17.0 Å². The maximum absolute atomic E-state index is 12.8. The summed E-state index contributed by atoms with van der Waals surface area (Å²) in [5, 5.41) is 0. The van der Waals surface area contributed by atoms with Crippen molar-refractivity contribution in [2.45, 2.75) is 19.9 Å². The molecule has 0 fully saturated rings. The molecule has 2 N–H and O–H groups in total. The maximum Gasteiger partial charge on any atom is 0.254 e. The van der Waals surface area contributed by atoms with Crippen LogP contribution in [0.15, 0.2) is 53.0 Å². The molecule has 0 radical (unpaired) electrons. The number of benzene rings is 2. The van der Waals surface area contributed by atoms with E-state index in [9.17, 15) is 9.59 Å². The van der Waals surface area contributed by atoms with Crippen LogP contribution in [0.2, 0.25) is 0 Å². The van der Waals surface area contributed by atoms with Crippen LogP contribution in [0.25, 0.3) is 0 Å². The highest BCUT2D eigenvalue weighted by atomic mass is 79.9. The molecule has 2 amide bonds. The first kappa shape index (κ1) is 17.2. The summed E-state index contributed by atoms with van der Waals surface area (Å²) in [6.07, 6.45) is 0.144. The highest BCUT2D eigenvalue weighted by Gasteiger charge is 2.17. The van der Waals surface area contributed by atoms with Gasteiger partial charge in [-0.05, 0) is 30.2 Å². The number of nitrogens with two attached hydrogens (primary N) is 1. The highest BCUT2D eigenvalue weighted by molar-refractivity contribution is 9.10. The van der Waals surface area contributed by atoms with Crippen molar-refractivity contribution in [3.8, 4) is 0 Å².